The first-order valence-corrected chi connectivity index (χ1v) is 17.5. The third-order valence-corrected chi connectivity index (χ3v) is 11.7. The second-order valence-electron chi connectivity index (χ2n) is 11.6. The highest BCUT2D eigenvalue weighted by molar-refractivity contribution is 7.91. The lowest BCUT2D eigenvalue weighted by Gasteiger charge is -2.26. The Kier molecular flexibility index (Phi) is 8.17. The first-order valence-electron chi connectivity index (χ1n) is 14.2. The SMILES string of the molecule is COC(=O)[C@@H]1C2=C(CS(=O)(=O)c3ccccc3)OC3(C)C=CC(C(C)C)=CC(=C23)C(C)=C[C@H]1CS(=O)(=O)c1ccccc1. The molecule has 7 nitrogen and oxygen atoms in total. The fraction of sp³-hybridized carbons (Fsp3) is 0.324. The van der Waals surface area contributed by atoms with Gasteiger partial charge in [0.2, 0.25) is 0 Å². The second kappa shape index (κ2) is 11.4. The number of allylic oxidation sites excluding steroid dienone is 6. The number of sulfone groups is 2. The van der Waals surface area contributed by atoms with Crippen molar-refractivity contribution in [2.45, 2.75) is 43.1 Å². The normalized spacial score (nSPS) is 23.7. The minimum absolute atomic E-state index is 0.116. The predicted octanol–water partition coefficient (Wildman–Crippen LogP) is 5.79. The van der Waals surface area contributed by atoms with E-state index >= 15 is 0 Å². The van der Waals surface area contributed by atoms with E-state index in [0.29, 0.717) is 11.1 Å². The summed E-state index contributed by atoms with van der Waals surface area (Å²) in [7, 11) is -6.49. The van der Waals surface area contributed by atoms with E-state index in [2.05, 4.69) is 13.8 Å². The molecule has 2 aliphatic carbocycles. The van der Waals surface area contributed by atoms with Crippen LogP contribution in [0.4, 0.5) is 0 Å². The van der Waals surface area contributed by atoms with Crippen molar-refractivity contribution in [3.05, 3.63) is 119 Å². The quantitative estimate of drug-likeness (QED) is 0.344. The van der Waals surface area contributed by atoms with Crippen molar-refractivity contribution >= 4 is 25.6 Å². The zero-order valence-electron chi connectivity index (χ0n) is 24.9. The number of ether oxygens (including phenoxy) is 2. The summed E-state index contributed by atoms with van der Waals surface area (Å²) in [6.45, 7) is 7.88. The molecule has 226 valence electrons. The summed E-state index contributed by atoms with van der Waals surface area (Å²) in [5.74, 6) is -3.26. The number of rotatable bonds is 8. The zero-order valence-corrected chi connectivity index (χ0v) is 26.5. The predicted molar refractivity (Wildman–Crippen MR) is 165 cm³/mol. The fourth-order valence-corrected chi connectivity index (χ4v) is 8.95. The Hall–Kier alpha value is -3.69. The van der Waals surface area contributed by atoms with Crippen molar-refractivity contribution in [2.75, 3.05) is 18.6 Å². The van der Waals surface area contributed by atoms with E-state index in [4.69, 9.17) is 9.47 Å². The lowest BCUT2D eigenvalue weighted by Crippen LogP contribution is -2.32. The average molecular weight is 621 g/mol. The number of hydrogen-bond donors (Lipinski definition) is 0. The largest absolute Gasteiger partial charge is 0.482 e. The van der Waals surface area contributed by atoms with Crippen LogP contribution in [0.25, 0.3) is 0 Å². The summed E-state index contributed by atoms with van der Waals surface area (Å²) in [6.07, 6.45) is 7.72. The van der Waals surface area contributed by atoms with Crippen LogP contribution in [0.15, 0.2) is 128 Å². The molecule has 2 aromatic carbocycles. The van der Waals surface area contributed by atoms with Gasteiger partial charge in [-0.25, -0.2) is 16.8 Å². The highest BCUT2D eigenvalue weighted by Crippen LogP contribution is 2.52. The number of esters is 1. The van der Waals surface area contributed by atoms with Crippen molar-refractivity contribution in [1.29, 1.82) is 0 Å². The Morgan fingerprint density at radius 2 is 1.53 bits per heavy atom. The van der Waals surface area contributed by atoms with Gasteiger partial charge in [-0.15, -0.1) is 0 Å². The van der Waals surface area contributed by atoms with E-state index in [9.17, 15) is 21.6 Å². The molecule has 9 heteroatoms. The molecule has 2 aromatic rings. The molecule has 0 amide bonds. The van der Waals surface area contributed by atoms with Gasteiger partial charge < -0.3 is 9.47 Å². The number of hydrogen-bond acceptors (Lipinski definition) is 7. The number of carbonyl (C=O) groups is 1. The maximum atomic E-state index is 13.7. The molecule has 0 bridgehead atoms. The molecule has 0 N–H and O–H groups in total. The molecule has 0 radical (unpaired) electrons. The summed E-state index contributed by atoms with van der Waals surface area (Å²) < 4.78 is 66.6. The first kappa shape index (κ1) is 30.8. The molecule has 0 saturated carbocycles. The van der Waals surface area contributed by atoms with Crippen LogP contribution in [0.1, 0.15) is 27.7 Å². The minimum atomic E-state index is -3.89. The third kappa shape index (κ3) is 5.80. The molecule has 1 aliphatic heterocycles. The molecule has 5 rings (SSSR count). The van der Waals surface area contributed by atoms with Gasteiger partial charge in [-0.1, -0.05) is 68.5 Å². The Bertz CT molecular complexity index is 1810. The van der Waals surface area contributed by atoms with Gasteiger partial charge >= 0.3 is 5.97 Å². The third-order valence-electron chi connectivity index (χ3n) is 8.26. The van der Waals surface area contributed by atoms with E-state index in [0.717, 1.165) is 16.7 Å². The van der Waals surface area contributed by atoms with Crippen LogP contribution in [-0.2, 0) is 33.9 Å². The van der Waals surface area contributed by atoms with Gasteiger partial charge in [0.15, 0.2) is 25.3 Å². The van der Waals surface area contributed by atoms with E-state index in [1.807, 2.05) is 38.2 Å². The van der Waals surface area contributed by atoms with Gasteiger partial charge in [-0.05, 0) is 66.8 Å². The topological polar surface area (TPSA) is 104 Å². The first-order chi connectivity index (χ1) is 20.3. The Labute approximate surface area is 254 Å². The van der Waals surface area contributed by atoms with Crippen molar-refractivity contribution in [3.63, 3.8) is 0 Å². The molecule has 1 heterocycles. The molecule has 0 saturated heterocycles. The Morgan fingerprint density at radius 1 is 0.953 bits per heavy atom. The van der Waals surface area contributed by atoms with Crippen molar-refractivity contribution < 1.29 is 31.1 Å². The van der Waals surface area contributed by atoms with Crippen LogP contribution < -0.4 is 0 Å². The summed E-state index contributed by atoms with van der Waals surface area (Å²) in [4.78, 5) is 14.0. The van der Waals surface area contributed by atoms with Gasteiger partial charge in [0.1, 0.15) is 11.5 Å². The van der Waals surface area contributed by atoms with E-state index in [1.54, 1.807) is 36.4 Å². The summed E-state index contributed by atoms with van der Waals surface area (Å²) in [5.41, 5.74) is 2.51. The van der Waals surface area contributed by atoms with Crippen LogP contribution in [-0.4, -0.2) is 47.0 Å². The van der Waals surface area contributed by atoms with Gasteiger partial charge in [0, 0.05) is 17.1 Å². The van der Waals surface area contributed by atoms with Crippen molar-refractivity contribution in [3.8, 4) is 0 Å². The molecular formula is C34H36O7S2. The van der Waals surface area contributed by atoms with E-state index in [1.165, 1.54) is 31.4 Å². The number of carbonyl (C=O) groups excluding carboxylic acids is 1. The zero-order chi connectivity index (χ0) is 31.2. The maximum absolute atomic E-state index is 13.7. The molecule has 0 fully saturated rings. The highest BCUT2D eigenvalue weighted by atomic mass is 32.2. The Balaban J connectivity index is 1.77. The van der Waals surface area contributed by atoms with Gasteiger partial charge in [0.25, 0.3) is 0 Å². The van der Waals surface area contributed by atoms with E-state index in [-0.39, 0.29) is 27.2 Å². The van der Waals surface area contributed by atoms with Crippen LogP contribution in [0.3, 0.4) is 0 Å². The lowest BCUT2D eigenvalue weighted by molar-refractivity contribution is -0.145. The molecule has 3 aliphatic rings. The molecule has 3 atom stereocenters. The Morgan fingerprint density at radius 3 is 2.09 bits per heavy atom. The van der Waals surface area contributed by atoms with Crippen LogP contribution in [0.2, 0.25) is 0 Å². The molecule has 0 aromatic heterocycles. The van der Waals surface area contributed by atoms with Crippen LogP contribution in [0, 0.1) is 17.8 Å². The van der Waals surface area contributed by atoms with Gasteiger partial charge in [-0.3, -0.25) is 4.79 Å². The highest BCUT2D eigenvalue weighted by Gasteiger charge is 2.51. The standard InChI is InChI=1S/C34H36O7S2/c1-22(2)24-16-17-34(4)32-28(19-24)23(3)18-25(20-42(36,37)26-12-8-6-9-13-26)30(33(35)40-5)31(32)29(41-34)21-43(38,39)27-14-10-7-11-15-27/h6-19,22,25,30H,20-21H2,1-5H3/t25-,30-,34?/m0/s1. The fourth-order valence-electron chi connectivity index (χ4n) is 6.09. The molecule has 0 spiro atoms. The number of methoxy groups -OCH3 is 1. The molecular weight excluding hydrogens is 585 g/mol. The average Bonchev–Trinajstić information content (AvgIpc) is 3.06. The summed E-state index contributed by atoms with van der Waals surface area (Å²) in [6, 6.07) is 16.2. The minimum Gasteiger partial charge on any atom is -0.482 e. The van der Waals surface area contributed by atoms with Crippen molar-refractivity contribution in [1.82, 2.24) is 0 Å². The van der Waals surface area contributed by atoms with Crippen LogP contribution >= 0.6 is 0 Å². The maximum Gasteiger partial charge on any atom is 0.313 e. The van der Waals surface area contributed by atoms with Gasteiger partial charge in [-0.2, -0.15) is 0 Å². The second-order valence-corrected chi connectivity index (χ2v) is 15.7. The summed E-state index contributed by atoms with van der Waals surface area (Å²) in [5, 5.41) is 0. The molecule has 1 unspecified atom stereocenters. The molecule has 43 heavy (non-hydrogen) atoms. The van der Waals surface area contributed by atoms with Gasteiger partial charge in [0.05, 0.1) is 28.6 Å². The lowest BCUT2D eigenvalue weighted by atomic mass is 9.79. The number of benzene rings is 2. The van der Waals surface area contributed by atoms with Crippen molar-refractivity contribution in [2.24, 2.45) is 17.8 Å². The smallest absolute Gasteiger partial charge is 0.313 e. The van der Waals surface area contributed by atoms with Crippen LogP contribution in [0.5, 0.6) is 0 Å². The summed E-state index contributed by atoms with van der Waals surface area (Å²) >= 11 is 0. The van der Waals surface area contributed by atoms with E-state index < -0.39 is 48.8 Å². The monoisotopic (exact) mass is 620 g/mol.